The average molecular weight is 374 g/mol. The molecule has 1 atom stereocenters. The minimum atomic E-state index is -0.0483. The van der Waals surface area contributed by atoms with Crippen LogP contribution < -0.4 is 0 Å². The van der Waals surface area contributed by atoms with Crippen molar-refractivity contribution in [2.75, 3.05) is 6.61 Å². The van der Waals surface area contributed by atoms with Crippen LogP contribution in [0, 0.1) is 18.6 Å². The van der Waals surface area contributed by atoms with Crippen LogP contribution in [-0.2, 0) is 4.74 Å². The predicted molar refractivity (Wildman–Crippen MR) is 99.2 cm³/mol. The normalized spacial score (nSPS) is 17.8. The molecule has 1 aliphatic rings. The molecule has 0 unspecified atom stereocenters. The van der Waals surface area contributed by atoms with Crippen molar-refractivity contribution in [3.8, 4) is 5.13 Å². The van der Waals surface area contributed by atoms with E-state index in [9.17, 15) is 0 Å². The van der Waals surface area contributed by atoms with E-state index in [0.29, 0.717) is 4.77 Å². The molecular weight excluding hydrogens is 356 g/mol. The third-order valence-corrected chi connectivity index (χ3v) is 5.31. The molecule has 0 aliphatic carbocycles. The van der Waals surface area contributed by atoms with Crippen LogP contribution in [0.2, 0.25) is 0 Å². The number of nitrogens with one attached hydrogen (secondary N) is 1. The Kier molecular flexibility index (Phi) is 4.36. The molecule has 0 amide bonds. The highest BCUT2D eigenvalue weighted by Gasteiger charge is 2.23. The monoisotopic (exact) mass is 374 g/mol. The fourth-order valence-electron chi connectivity index (χ4n) is 3.06. The number of thiazole rings is 1. The molecule has 4 heterocycles. The number of aromatic amines is 1. The molecule has 3 aromatic heterocycles. The second kappa shape index (κ2) is 6.66. The summed E-state index contributed by atoms with van der Waals surface area (Å²) in [5.74, 6) is 0.729. The highest BCUT2D eigenvalue weighted by molar-refractivity contribution is 7.71. The summed E-state index contributed by atoms with van der Waals surface area (Å²) in [7, 11) is 0. The second-order valence-corrected chi connectivity index (χ2v) is 7.18. The minimum absolute atomic E-state index is 0.0483. The first-order chi connectivity index (χ1) is 12.1. The zero-order valence-corrected chi connectivity index (χ0v) is 15.6. The van der Waals surface area contributed by atoms with Gasteiger partial charge < -0.3 is 4.74 Å². The fourth-order valence-corrected chi connectivity index (χ4v) is 4.00. The third kappa shape index (κ3) is 2.99. The molecule has 130 valence electrons. The summed E-state index contributed by atoms with van der Waals surface area (Å²) in [5, 5.41) is 14.6. The molecule has 1 N–H and O–H groups in total. The molecular formula is C16H18N6OS2. The summed E-state index contributed by atoms with van der Waals surface area (Å²) >= 11 is 6.92. The lowest BCUT2D eigenvalue weighted by atomic mass is 10.2. The Morgan fingerprint density at radius 1 is 1.48 bits per heavy atom. The summed E-state index contributed by atoms with van der Waals surface area (Å²) in [4.78, 5) is 4.40. The quantitative estimate of drug-likeness (QED) is 0.560. The Labute approximate surface area is 154 Å². The lowest BCUT2D eigenvalue weighted by Crippen LogP contribution is -2.05. The van der Waals surface area contributed by atoms with E-state index in [-0.39, 0.29) is 6.10 Å². The summed E-state index contributed by atoms with van der Waals surface area (Å²) in [6.45, 7) is 4.88. The van der Waals surface area contributed by atoms with Gasteiger partial charge in [-0.15, -0.1) is 11.3 Å². The van der Waals surface area contributed by atoms with E-state index in [4.69, 9.17) is 17.0 Å². The second-order valence-electron chi connectivity index (χ2n) is 5.92. The van der Waals surface area contributed by atoms with Crippen LogP contribution in [0.4, 0.5) is 0 Å². The first-order valence-electron chi connectivity index (χ1n) is 8.07. The predicted octanol–water partition coefficient (Wildman–Crippen LogP) is 3.54. The summed E-state index contributed by atoms with van der Waals surface area (Å²) in [6, 6.07) is 2.09. The van der Waals surface area contributed by atoms with E-state index in [0.717, 1.165) is 47.4 Å². The number of nitrogens with zero attached hydrogens (tertiary/aromatic N) is 5. The summed E-state index contributed by atoms with van der Waals surface area (Å²) in [6.07, 6.45) is 5.55. The Bertz CT molecular complexity index is 960. The number of hydrogen-bond donors (Lipinski definition) is 1. The van der Waals surface area contributed by atoms with Crippen LogP contribution >= 0.6 is 23.6 Å². The summed E-state index contributed by atoms with van der Waals surface area (Å²) < 4.78 is 9.95. The molecule has 3 aromatic rings. The Morgan fingerprint density at radius 3 is 3.08 bits per heavy atom. The first kappa shape index (κ1) is 16.4. The average Bonchev–Trinajstić information content (AvgIpc) is 3.35. The van der Waals surface area contributed by atoms with Gasteiger partial charge in [0.2, 0.25) is 4.77 Å². The van der Waals surface area contributed by atoms with Gasteiger partial charge in [0.05, 0.1) is 6.21 Å². The highest BCUT2D eigenvalue weighted by atomic mass is 32.1. The van der Waals surface area contributed by atoms with Crippen molar-refractivity contribution in [3.63, 3.8) is 0 Å². The van der Waals surface area contributed by atoms with E-state index < -0.39 is 0 Å². The maximum atomic E-state index is 5.71. The SMILES string of the molecule is Cc1cc(/C=N\n2c([C@H]3CCCO3)n[nH]c2=S)c(C)n1-c1nccs1. The Balaban J connectivity index is 1.69. The molecule has 0 spiro atoms. The zero-order chi connectivity index (χ0) is 17.4. The maximum absolute atomic E-state index is 5.71. The highest BCUT2D eigenvalue weighted by Crippen LogP contribution is 2.27. The van der Waals surface area contributed by atoms with Crippen molar-refractivity contribution in [3.05, 3.63) is 45.2 Å². The van der Waals surface area contributed by atoms with Gasteiger partial charge in [-0.25, -0.2) is 4.98 Å². The number of aryl methyl sites for hydroxylation is 1. The lowest BCUT2D eigenvalue weighted by molar-refractivity contribution is 0.102. The number of H-pyrrole nitrogens is 1. The largest absolute Gasteiger partial charge is 0.370 e. The minimum Gasteiger partial charge on any atom is -0.370 e. The number of rotatable bonds is 4. The van der Waals surface area contributed by atoms with Crippen LogP contribution in [0.1, 0.15) is 41.7 Å². The fraction of sp³-hybridized carbons (Fsp3) is 0.375. The molecule has 9 heteroatoms. The van der Waals surface area contributed by atoms with E-state index in [1.807, 2.05) is 17.8 Å². The van der Waals surface area contributed by atoms with E-state index in [1.165, 1.54) is 0 Å². The van der Waals surface area contributed by atoms with Crippen LogP contribution in [-0.4, -0.2) is 37.2 Å². The number of hydrogen-bond acceptors (Lipinski definition) is 6. The van der Waals surface area contributed by atoms with Gasteiger partial charge in [0.1, 0.15) is 6.10 Å². The van der Waals surface area contributed by atoms with Crippen LogP contribution in [0.25, 0.3) is 5.13 Å². The van der Waals surface area contributed by atoms with Crippen molar-refractivity contribution >= 4 is 29.8 Å². The van der Waals surface area contributed by atoms with Crippen molar-refractivity contribution in [1.29, 1.82) is 0 Å². The number of ether oxygens (including phenoxy) is 1. The van der Waals surface area contributed by atoms with Gasteiger partial charge in [-0.05, 0) is 45.0 Å². The van der Waals surface area contributed by atoms with Crippen molar-refractivity contribution in [2.24, 2.45) is 5.10 Å². The van der Waals surface area contributed by atoms with Crippen molar-refractivity contribution in [1.82, 2.24) is 24.4 Å². The molecule has 25 heavy (non-hydrogen) atoms. The third-order valence-electron chi connectivity index (χ3n) is 4.29. The lowest BCUT2D eigenvalue weighted by Gasteiger charge is -2.07. The maximum Gasteiger partial charge on any atom is 0.216 e. The molecule has 4 rings (SSSR count). The van der Waals surface area contributed by atoms with E-state index >= 15 is 0 Å². The molecule has 1 fully saturated rings. The Hall–Kier alpha value is -2.10. The van der Waals surface area contributed by atoms with E-state index in [2.05, 4.69) is 44.8 Å². The van der Waals surface area contributed by atoms with Gasteiger partial charge in [0.15, 0.2) is 11.0 Å². The molecule has 1 saturated heterocycles. The standard InChI is InChI=1S/C16H18N6OS2/c1-10-8-12(11(2)21(10)16-17-5-7-25-16)9-18-22-14(19-20-15(22)24)13-4-3-6-23-13/h5,7-9,13H,3-4,6H2,1-2H3,(H,20,24)/b18-9-/t13-/m1/s1. The van der Waals surface area contributed by atoms with Crippen LogP contribution in [0.5, 0.6) is 0 Å². The molecule has 1 aliphatic heterocycles. The summed E-state index contributed by atoms with van der Waals surface area (Å²) in [5.41, 5.74) is 3.23. The zero-order valence-electron chi connectivity index (χ0n) is 14.0. The molecule has 0 radical (unpaired) electrons. The van der Waals surface area contributed by atoms with Gasteiger partial charge in [-0.1, -0.05) is 0 Å². The van der Waals surface area contributed by atoms with Crippen molar-refractivity contribution < 1.29 is 4.74 Å². The van der Waals surface area contributed by atoms with Crippen LogP contribution in [0.3, 0.4) is 0 Å². The smallest absolute Gasteiger partial charge is 0.216 e. The van der Waals surface area contributed by atoms with Gasteiger partial charge in [-0.2, -0.15) is 14.9 Å². The van der Waals surface area contributed by atoms with Gasteiger partial charge in [0, 0.05) is 35.1 Å². The van der Waals surface area contributed by atoms with Crippen molar-refractivity contribution in [2.45, 2.75) is 32.8 Å². The van der Waals surface area contributed by atoms with Gasteiger partial charge in [-0.3, -0.25) is 9.67 Å². The van der Waals surface area contributed by atoms with Crippen LogP contribution in [0.15, 0.2) is 22.7 Å². The molecule has 0 bridgehead atoms. The van der Waals surface area contributed by atoms with E-state index in [1.54, 1.807) is 16.0 Å². The number of aromatic nitrogens is 5. The molecule has 7 nitrogen and oxygen atoms in total. The first-order valence-corrected chi connectivity index (χ1v) is 9.36. The Morgan fingerprint density at radius 2 is 2.36 bits per heavy atom. The molecule has 0 saturated carbocycles. The van der Waals surface area contributed by atoms with Gasteiger partial charge >= 0.3 is 0 Å². The van der Waals surface area contributed by atoms with Gasteiger partial charge in [0.25, 0.3) is 0 Å². The molecule has 0 aromatic carbocycles. The topological polar surface area (TPSA) is 73.0 Å².